The number of esters is 1. The van der Waals surface area contributed by atoms with E-state index in [4.69, 9.17) is 0 Å². The van der Waals surface area contributed by atoms with Gasteiger partial charge in [-0.3, -0.25) is 0 Å². The van der Waals surface area contributed by atoms with Gasteiger partial charge in [0.1, 0.15) is 0 Å². The summed E-state index contributed by atoms with van der Waals surface area (Å²) in [7, 11) is 0. The minimum absolute atomic E-state index is 1.13. The van der Waals surface area contributed by atoms with Crippen molar-refractivity contribution in [2.24, 2.45) is 0 Å². The second-order valence-electron chi connectivity index (χ2n) is 1.73. The van der Waals surface area contributed by atoms with Gasteiger partial charge in [-0.2, -0.15) is 8.78 Å². The summed E-state index contributed by atoms with van der Waals surface area (Å²) in [5.74, 6) is -5.09. The molecule has 1 aliphatic heterocycles. The van der Waals surface area contributed by atoms with E-state index in [1.807, 2.05) is 0 Å². The van der Waals surface area contributed by atoms with E-state index in [-0.39, 0.29) is 0 Å². The van der Waals surface area contributed by atoms with Crippen molar-refractivity contribution in [1.82, 2.24) is 0 Å². The molecule has 0 N–H and O–H groups in total. The number of hydrogen-bond donors (Lipinski definition) is 0. The zero-order valence-electron chi connectivity index (χ0n) is 4.23. The van der Waals surface area contributed by atoms with Gasteiger partial charge >= 0.3 is 11.9 Å². The standard InChI is InChI=1S/C4H3F3O2/c5-2-3(8)9-1-4(2,6)7/h2H,1H2. The SMILES string of the molecule is O=C1OCC(F)(F)C1F. The lowest BCUT2D eigenvalue weighted by molar-refractivity contribution is -0.142. The molecule has 1 aliphatic rings. The molecule has 0 amide bonds. The van der Waals surface area contributed by atoms with Crippen LogP contribution in [0, 0.1) is 0 Å². The Bertz CT molecular complexity index is 145. The summed E-state index contributed by atoms with van der Waals surface area (Å²) >= 11 is 0. The fourth-order valence-electron chi connectivity index (χ4n) is 0.486. The van der Waals surface area contributed by atoms with Gasteiger partial charge < -0.3 is 4.74 Å². The lowest BCUT2D eigenvalue weighted by Gasteiger charge is -2.03. The van der Waals surface area contributed by atoms with Crippen LogP contribution in [0.4, 0.5) is 13.2 Å². The van der Waals surface area contributed by atoms with E-state index >= 15 is 0 Å². The van der Waals surface area contributed by atoms with Crippen LogP contribution in [-0.2, 0) is 9.53 Å². The maximum atomic E-state index is 11.9. The Morgan fingerprint density at radius 1 is 1.67 bits per heavy atom. The Kier molecular flexibility index (Phi) is 1.15. The first-order chi connectivity index (χ1) is 4.04. The third-order valence-electron chi connectivity index (χ3n) is 0.985. The number of carbonyl (C=O) groups excluding carboxylic acids is 1. The van der Waals surface area contributed by atoms with Gasteiger partial charge in [0.25, 0.3) is 6.17 Å². The van der Waals surface area contributed by atoms with Gasteiger partial charge in [0.15, 0.2) is 6.61 Å². The van der Waals surface area contributed by atoms with Gasteiger partial charge in [-0.1, -0.05) is 0 Å². The highest BCUT2D eigenvalue weighted by molar-refractivity contribution is 5.78. The predicted molar refractivity (Wildman–Crippen MR) is 20.8 cm³/mol. The van der Waals surface area contributed by atoms with Crippen molar-refractivity contribution in [2.75, 3.05) is 6.61 Å². The molecule has 1 rings (SSSR count). The average molecular weight is 140 g/mol. The molecule has 1 saturated heterocycles. The van der Waals surface area contributed by atoms with Crippen molar-refractivity contribution >= 4 is 5.97 Å². The first-order valence-electron chi connectivity index (χ1n) is 2.22. The van der Waals surface area contributed by atoms with Crippen LogP contribution in [0.1, 0.15) is 0 Å². The second-order valence-corrected chi connectivity index (χ2v) is 1.73. The summed E-state index contributed by atoms with van der Waals surface area (Å²) in [5, 5.41) is 0. The van der Waals surface area contributed by atoms with Crippen LogP contribution < -0.4 is 0 Å². The molecule has 1 atom stereocenters. The second kappa shape index (κ2) is 1.62. The summed E-state index contributed by atoms with van der Waals surface area (Å²) in [6.07, 6.45) is -2.77. The molecule has 0 aromatic rings. The normalized spacial score (nSPS) is 32.3. The molecule has 1 fully saturated rings. The zero-order chi connectivity index (χ0) is 7.07. The van der Waals surface area contributed by atoms with Crippen LogP contribution in [-0.4, -0.2) is 24.7 Å². The number of cyclic esters (lactones) is 1. The Morgan fingerprint density at radius 3 is 2.33 bits per heavy atom. The first-order valence-corrected chi connectivity index (χ1v) is 2.22. The minimum atomic E-state index is -3.61. The Morgan fingerprint density at radius 2 is 2.22 bits per heavy atom. The third-order valence-corrected chi connectivity index (χ3v) is 0.985. The van der Waals surface area contributed by atoms with Crippen LogP contribution in [0.3, 0.4) is 0 Å². The number of alkyl halides is 3. The van der Waals surface area contributed by atoms with Crippen LogP contribution in [0.25, 0.3) is 0 Å². The average Bonchev–Trinajstić information content (AvgIpc) is 1.97. The molecule has 52 valence electrons. The van der Waals surface area contributed by atoms with Crippen LogP contribution >= 0.6 is 0 Å². The maximum absolute atomic E-state index is 11.9. The van der Waals surface area contributed by atoms with E-state index in [2.05, 4.69) is 4.74 Å². The highest BCUT2D eigenvalue weighted by Crippen LogP contribution is 2.28. The largest absolute Gasteiger partial charge is 0.457 e. The van der Waals surface area contributed by atoms with Gasteiger partial charge in [-0.25, -0.2) is 9.18 Å². The quantitative estimate of drug-likeness (QED) is 0.458. The van der Waals surface area contributed by atoms with Gasteiger partial charge in [0.2, 0.25) is 0 Å². The molecule has 9 heavy (non-hydrogen) atoms. The van der Waals surface area contributed by atoms with E-state index in [0.717, 1.165) is 0 Å². The van der Waals surface area contributed by atoms with Crippen LogP contribution in [0.5, 0.6) is 0 Å². The van der Waals surface area contributed by atoms with Crippen molar-refractivity contribution in [3.05, 3.63) is 0 Å². The van der Waals surface area contributed by atoms with Gasteiger partial charge in [-0.15, -0.1) is 0 Å². The summed E-state index contributed by atoms with van der Waals surface area (Å²) in [6.45, 7) is -1.13. The zero-order valence-corrected chi connectivity index (χ0v) is 4.23. The van der Waals surface area contributed by atoms with Crippen LogP contribution in [0.15, 0.2) is 0 Å². The van der Waals surface area contributed by atoms with Crippen molar-refractivity contribution in [3.8, 4) is 0 Å². The Balaban J connectivity index is 2.73. The molecular weight excluding hydrogens is 137 g/mol. The Hall–Kier alpha value is -0.740. The van der Waals surface area contributed by atoms with Crippen LogP contribution in [0.2, 0.25) is 0 Å². The minimum Gasteiger partial charge on any atom is -0.457 e. The van der Waals surface area contributed by atoms with Crippen molar-refractivity contribution < 1.29 is 22.7 Å². The maximum Gasteiger partial charge on any atom is 0.347 e. The third kappa shape index (κ3) is 0.863. The van der Waals surface area contributed by atoms with E-state index in [0.29, 0.717) is 0 Å². The fourth-order valence-corrected chi connectivity index (χ4v) is 0.486. The van der Waals surface area contributed by atoms with Crippen molar-refractivity contribution in [3.63, 3.8) is 0 Å². The monoisotopic (exact) mass is 140 g/mol. The molecule has 2 nitrogen and oxygen atoms in total. The van der Waals surface area contributed by atoms with Gasteiger partial charge in [0.05, 0.1) is 0 Å². The fraction of sp³-hybridized carbons (Fsp3) is 0.750. The molecule has 0 aromatic heterocycles. The molecule has 0 radical (unpaired) electrons. The van der Waals surface area contributed by atoms with E-state index < -0.39 is 24.7 Å². The molecular formula is C4H3F3O2. The molecule has 0 saturated carbocycles. The molecule has 0 aromatic carbocycles. The van der Waals surface area contributed by atoms with E-state index in [1.165, 1.54) is 0 Å². The summed E-state index contributed by atoms with van der Waals surface area (Å²) in [6, 6.07) is 0. The molecule has 0 spiro atoms. The highest BCUT2D eigenvalue weighted by Gasteiger charge is 2.53. The molecule has 5 heteroatoms. The highest BCUT2D eigenvalue weighted by atomic mass is 19.3. The van der Waals surface area contributed by atoms with Crippen molar-refractivity contribution in [2.45, 2.75) is 12.1 Å². The number of hydrogen-bond acceptors (Lipinski definition) is 2. The summed E-state index contributed by atoms with van der Waals surface area (Å²) in [4.78, 5) is 9.91. The first kappa shape index (κ1) is 6.38. The number of carbonyl (C=O) groups is 1. The van der Waals surface area contributed by atoms with Crippen molar-refractivity contribution in [1.29, 1.82) is 0 Å². The lowest BCUT2D eigenvalue weighted by atomic mass is 10.3. The predicted octanol–water partition coefficient (Wildman–Crippen LogP) is 0.517. The molecule has 0 aliphatic carbocycles. The van der Waals surface area contributed by atoms with E-state index in [1.54, 1.807) is 0 Å². The molecule has 0 bridgehead atoms. The van der Waals surface area contributed by atoms with Gasteiger partial charge in [-0.05, 0) is 0 Å². The van der Waals surface area contributed by atoms with E-state index in [9.17, 15) is 18.0 Å². The Labute approximate surface area is 48.6 Å². The number of ether oxygens (including phenoxy) is 1. The molecule has 1 heterocycles. The summed E-state index contributed by atoms with van der Waals surface area (Å²) < 4.78 is 39.3. The summed E-state index contributed by atoms with van der Waals surface area (Å²) in [5.41, 5.74) is 0. The number of rotatable bonds is 0. The van der Waals surface area contributed by atoms with Gasteiger partial charge in [0, 0.05) is 0 Å². The number of halogens is 3. The molecule has 1 unspecified atom stereocenters. The smallest absolute Gasteiger partial charge is 0.347 e. The topological polar surface area (TPSA) is 26.3 Å². The lowest BCUT2D eigenvalue weighted by Crippen LogP contribution is -2.29.